The van der Waals surface area contributed by atoms with Gasteiger partial charge in [-0.3, -0.25) is 8.98 Å². The molecule has 0 atom stereocenters. The predicted octanol–water partition coefficient (Wildman–Crippen LogP) is 4.54. The molecule has 0 radical (unpaired) electrons. The van der Waals surface area contributed by atoms with Gasteiger partial charge in [0, 0.05) is 5.56 Å². The summed E-state index contributed by atoms with van der Waals surface area (Å²) in [5.41, 5.74) is 1.64. The minimum Gasteiger partial charge on any atom is -0.494 e. The van der Waals surface area contributed by atoms with Crippen LogP contribution in [0.15, 0.2) is 53.4 Å². The smallest absolute Gasteiger partial charge is 0.296 e. The molecule has 0 aliphatic rings. The van der Waals surface area contributed by atoms with E-state index in [0.29, 0.717) is 24.3 Å². The fraction of sp³-hybridized carbons (Fsp3) is 0.381. The van der Waals surface area contributed by atoms with E-state index in [9.17, 15) is 13.2 Å². The standard InChI is InChI=1S/C21H26O5S/c1-17-10-12-21(13-11-17)27(23,24)26-15-6-4-3-5-14-25-20-9-7-8-19(16-20)18(2)22/h7-13,16H,3-6,14-15H2,1-2H3. The van der Waals surface area contributed by atoms with Gasteiger partial charge in [0.2, 0.25) is 0 Å². The number of unbranched alkanes of at least 4 members (excludes halogenated alkanes) is 3. The van der Waals surface area contributed by atoms with Gasteiger partial charge in [-0.15, -0.1) is 0 Å². The van der Waals surface area contributed by atoms with Crippen molar-refractivity contribution in [2.75, 3.05) is 13.2 Å². The van der Waals surface area contributed by atoms with Crippen LogP contribution in [0.4, 0.5) is 0 Å². The molecule has 0 unspecified atom stereocenters. The van der Waals surface area contributed by atoms with Crippen LogP contribution >= 0.6 is 0 Å². The number of carbonyl (C=O) groups excluding carboxylic acids is 1. The van der Waals surface area contributed by atoms with Crippen LogP contribution in [-0.2, 0) is 14.3 Å². The van der Waals surface area contributed by atoms with E-state index in [4.69, 9.17) is 8.92 Å². The second kappa shape index (κ2) is 10.2. The van der Waals surface area contributed by atoms with Crippen molar-refractivity contribution in [3.05, 3.63) is 59.7 Å². The van der Waals surface area contributed by atoms with E-state index in [1.165, 1.54) is 6.92 Å². The molecule has 146 valence electrons. The van der Waals surface area contributed by atoms with Crippen molar-refractivity contribution in [3.8, 4) is 5.75 Å². The molecule has 2 aromatic carbocycles. The first-order valence-corrected chi connectivity index (χ1v) is 10.5. The molecule has 2 rings (SSSR count). The average molecular weight is 391 g/mol. The summed E-state index contributed by atoms with van der Waals surface area (Å²) in [5.74, 6) is 0.705. The van der Waals surface area contributed by atoms with Crippen LogP contribution in [0.2, 0.25) is 0 Å². The van der Waals surface area contributed by atoms with Crippen molar-refractivity contribution in [2.24, 2.45) is 0 Å². The largest absolute Gasteiger partial charge is 0.494 e. The van der Waals surface area contributed by atoms with Gasteiger partial charge in [-0.1, -0.05) is 36.2 Å². The molecule has 5 nitrogen and oxygen atoms in total. The minimum absolute atomic E-state index is 0.0149. The van der Waals surface area contributed by atoms with Crippen molar-refractivity contribution >= 4 is 15.9 Å². The zero-order valence-electron chi connectivity index (χ0n) is 15.8. The summed E-state index contributed by atoms with van der Waals surface area (Å²) in [6.07, 6.45) is 3.31. The Morgan fingerprint density at radius 3 is 2.26 bits per heavy atom. The number of hydrogen-bond donors (Lipinski definition) is 0. The maximum absolute atomic E-state index is 12.0. The van der Waals surface area contributed by atoms with Gasteiger partial charge in [0.1, 0.15) is 5.75 Å². The average Bonchev–Trinajstić information content (AvgIpc) is 2.64. The zero-order valence-corrected chi connectivity index (χ0v) is 16.6. The maximum Gasteiger partial charge on any atom is 0.296 e. The Balaban J connectivity index is 1.60. The highest BCUT2D eigenvalue weighted by molar-refractivity contribution is 7.86. The molecule has 6 heteroatoms. The zero-order chi connectivity index (χ0) is 19.7. The monoisotopic (exact) mass is 390 g/mol. The highest BCUT2D eigenvalue weighted by Crippen LogP contribution is 2.16. The summed E-state index contributed by atoms with van der Waals surface area (Å²) >= 11 is 0. The van der Waals surface area contributed by atoms with Crippen molar-refractivity contribution in [2.45, 2.75) is 44.4 Å². The van der Waals surface area contributed by atoms with Gasteiger partial charge in [-0.05, 0) is 57.4 Å². The lowest BCUT2D eigenvalue weighted by atomic mass is 10.1. The SMILES string of the molecule is CC(=O)c1cccc(OCCCCCCOS(=O)(=O)c2ccc(C)cc2)c1. The number of carbonyl (C=O) groups is 1. The van der Waals surface area contributed by atoms with Crippen molar-refractivity contribution in [1.82, 2.24) is 0 Å². The molecule has 0 aliphatic carbocycles. The van der Waals surface area contributed by atoms with Gasteiger partial charge in [0.15, 0.2) is 5.78 Å². The third kappa shape index (κ3) is 7.15. The van der Waals surface area contributed by atoms with Crippen LogP contribution in [0.1, 0.15) is 48.5 Å². The lowest BCUT2D eigenvalue weighted by molar-refractivity contribution is 0.101. The van der Waals surface area contributed by atoms with Crippen LogP contribution in [0.5, 0.6) is 5.75 Å². The number of benzene rings is 2. The van der Waals surface area contributed by atoms with Gasteiger partial charge in [-0.2, -0.15) is 8.42 Å². The van der Waals surface area contributed by atoms with Crippen LogP contribution in [0, 0.1) is 6.92 Å². The highest BCUT2D eigenvalue weighted by Gasteiger charge is 2.14. The maximum atomic E-state index is 12.0. The van der Waals surface area contributed by atoms with E-state index in [-0.39, 0.29) is 17.3 Å². The van der Waals surface area contributed by atoms with Crippen molar-refractivity contribution < 1.29 is 22.1 Å². The minimum atomic E-state index is -3.67. The Labute approximate surface area is 161 Å². The summed E-state index contributed by atoms with van der Waals surface area (Å²) in [7, 11) is -3.67. The molecule has 0 amide bonds. The molecule has 0 N–H and O–H groups in total. The Hall–Kier alpha value is -2.18. The quantitative estimate of drug-likeness (QED) is 0.320. The Kier molecular flexibility index (Phi) is 8.00. The molecule has 0 saturated heterocycles. The van der Waals surface area contributed by atoms with Crippen LogP contribution in [0.25, 0.3) is 0 Å². The summed E-state index contributed by atoms with van der Waals surface area (Å²) in [6.45, 7) is 4.17. The van der Waals surface area contributed by atoms with E-state index in [2.05, 4.69) is 0 Å². The molecule has 2 aromatic rings. The lowest BCUT2D eigenvalue weighted by Crippen LogP contribution is -2.07. The Morgan fingerprint density at radius 2 is 1.59 bits per heavy atom. The van der Waals surface area contributed by atoms with Gasteiger partial charge in [0.05, 0.1) is 18.1 Å². The Bertz CT molecular complexity index is 841. The molecule has 0 aromatic heterocycles. The van der Waals surface area contributed by atoms with Crippen LogP contribution in [0.3, 0.4) is 0 Å². The van der Waals surface area contributed by atoms with E-state index in [0.717, 1.165) is 24.8 Å². The molecule has 0 bridgehead atoms. The third-order valence-electron chi connectivity index (χ3n) is 4.10. The van der Waals surface area contributed by atoms with Crippen LogP contribution in [-0.4, -0.2) is 27.4 Å². The van der Waals surface area contributed by atoms with Gasteiger partial charge < -0.3 is 4.74 Å². The normalized spacial score (nSPS) is 11.3. The molecule has 0 heterocycles. The number of Topliss-reactive ketones (excluding diaryl/α,β-unsaturated/α-hetero) is 1. The number of aryl methyl sites for hydroxylation is 1. The number of ether oxygens (including phenoxy) is 1. The lowest BCUT2D eigenvalue weighted by Gasteiger charge is -2.08. The van der Waals surface area contributed by atoms with E-state index in [1.54, 1.807) is 42.5 Å². The molecule has 0 fully saturated rings. The molecule has 0 spiro atoms. The first kappa shape index (κ1) is 21.1. The molecular weight excluding hydrogens is 364 g/mol. The number of hydrogen-bond acceptors (Lipinski definition) is 5. The summed E-state index contributed by atoms with van der Waals surface area (Å²) < 4.78 is 34.8. The van der Waals surface area contributed by atoms with Gasteiger partial charge in [0.25, 0.3) is 10.1 Å². The van der Waals surface area contributed by atoms with Crippen molar-refractivity contribution in [3.63, 3.8) is 0 Å². The first-order chi connectivity index (χ1) is 12.9. The van der Waals surface area contributed by atoms with Gasteiger partial charge in [-0.25, -0.2) is 0 Å². The first-order valence-electron chi connectivity index (χ1n) is 9.08. The molecule has 27 heavy (non-hydrogen) atoms. The fourth-order valence-corrected chi connectivity index (χ4v) is 3.44. The predicted molar refractivity (Wildman–Crippen MR) is 105 cm³/mol. The molecular formula is C21H26O5S. The highest BCUT2D eigenvalue weighted by atomic mass is 32.2. The summed E-state index contributed by atoms with van der Waals surface area (Å²) in [6, 6.07) is 13.8. The second-order valence-electron chi connectivity index (χ2n) is 6.44. The Morgan fingerprint density at radius 1 is 0.926 bits per heavy atom. The third-order valence-corrected chi connectivity index (χ3v) is 5.42. The molecule has 0 aliphatic heterocycles. The summed E-state index contributed by atoms with van der Waals surface area (Å²) in [4.78, 5) is 11.5. The molecule has 0 saturated carbocycles. The van der Waals surface area contributed by atoms with Crippen molar-refractivity contribution in [1.29, 1.82) is 0 Å². The fourth-order valence-electron chi connectivity index (χ4n) is 2.49. The summed E-state index contributed by atoms with van der Waals surface area (Å²) in [5, 5.41) is 0. The van der Waals surface area contributed by atoms with Crippen LogP contribution < -0.4 is 4.74 Å². The van der Waals surface area contributed by atoms with E-state index >= 15 is 0 Å². The number of ketones is 1. The second-order valence-corrected chi connectivity index (χ2v) is 8.05. The van der Waals surface area contributed by atoms with Gasteiger partial charge >= 0.3 is 0 Å². The topological polar surface area (TPSA) is 69.7 Å². The van der Waals surface area contributed by atoms with E-state index in [1.807, 2.05) is 13.0 Å². The number of rotatable bonds is 11. The van der Waals surface area contributed by atoms with E-state index < -0.39 is 10.1 Å².